The molecule has 1 heterocycles. The van der Waals surface area contributed by atoms with Gasteiger partial charge in [0.1, 0.15) is 6.04 Å². The third-order valence-corrected chi connectivity index (χ3v) is 5.96. The summed E-state index contributed by atoms with van der Waals surface area (Å²) in [6, 6.07) is 17.3. The van der Waals surface area contributed by atoms with Crippen molar-refractivity contribution >= 4 is 5.91 Å². The van der Waals surface area contributed by atoms with Gasteiger partial charge >= 0.3 is 0 Å². The lowest BCUT2D eigenvalue weighted by molar-refractivity contribution is -0.139. The van der Waals surface area contributed by atoms with Crippen molar-refractivity contribution in [1.82, 2.24) is 9.91 Å². The molecule has 0 unspecified atom stereocenters. The van der Waals surface area contributed by atoms with Crippen LogP contribution in [0.2, 0.25) is 0 Å². The summed E-state index contributed by atoms with van der Waals surface area (Å²) in [4.78, 5) is 18.2. The van der Waals surface area contributed by atoms with Crippen LogP contribution in [-0.2, 0) is 17.6 Å². The first-order valence-electron chi connectivity index (χ1n) is 9.69. The van der Waals surface area contributed by atoms with Crippen LogP contribution in [0.25, 0.3) is 4.95 Å². The monoisotopic (exact) mass is 359 g/mol. The van der Waals surface area contributed by atoms with Gasteiger partial charge in [0.15, 0.2) is 6.54 Å². The second-order valence-electron chi connectivity index (χ2n) is 7.78. The van der Waals surface area contributed by atoms with E-state index < -0.39 is 0 Å². The molecule has 4 rings (SSSR count). The second-order valence-corrected chi connectivity index (χ2v) is 7.78. The summed E-state index contributed by atoms with van der Waals surface area (Å²) in [5.41, 5.74) is 5.33. The molecule has 0 bridgehead atoms. The zero-order chi connectivity index (χ0) is 19.0. The molecule has 2 aliphatic rings. The normalized spacial score (nSPS) is 20.1. The van der Waals surface area contributed by atoms with Crippen molar-refractivity contribution in [2.24, 2.45) is 0 Å². The third-order valence-electron chi connectivity index (χ3n) is 5.96. The molecule has 1 atom stereocenters. The Hall–Kier alpha value is -2.80. The van der Waals surface area contributed by atoms with E-state index >= 15 is 0 Å². The van der Waals surface area contributed by atoms with Gasteiger partial charge in [-0.1, -0.05) is 53.5 Å². The molecule has 4 nitrogen and oxygen atoms in total. The second kappa shape index (κ2) is 7.08. The molecule has 138 valence electrons. The quantitative estimate of drug-likeness (QED) is 0.765. The SMILES string of the molecule is [C-]#[N+]N1CC(=O)N(C(C)C)C[C@@H]1C1c2ccccc2CCc2ccccc21. The van der Waals surface area contributed by atoms with E-state index in [0.29, 0.717) is 6.54 Å². The average molecular weight is 359 g/mol. The Morgan fingerprint density at radius 3 is 2.07 bits per heavy atom. The fraction of sp³-hybridized carbons (Fsp3) is 0.391. The van der Waals surface area contributed by atoms with Gasteiger partial charge in [0.05, 0.1) is 0 Å². The minimum atomic E-state index is -0.0389. The summed E-state index contributed by atoms with van der Waals surface area (Å²) in [7, 11) is 0. The minimum absolute atomic E-state index is 0.0389. The molecule has 1 aliphatic carbocycles. The Kier molecular flexibility index (Phi) is 4.61. The van der Waals surface area contributed by atoms with Gasteiger partial charge in [-0.3, -0.25) is 4.79 Å². The summed E-state index contributed by atoms with van der Waals surface area (Å²) >= 11 is 0. The highest BCUT2D eigenvalue weighted by molar-refractivity contribution is 5.79. The van der Waals surface area contributed by atoms with Gasteiger partial charge in [0, 0.05) is 18.5 Å². The van der Waals surface area contributed by atoms with E-state index in [0.717, 1.165) is 12.8 Å². The molecule has 0 saturated carbocycles. The molecule has 0 spiro atoms. The van der Waals surface area contributed by atoms with Crippen molar-refractivity contribution in [3.05, 3.63) is 82.3 Å². The number of hydrogen-bond donors (Lipinski definition) is 0. The Balaban J connectivity index is 1.86. The van der Waals surface area contributed by atoms with Gasteiger partial charge in [-0.15, -0.1) is 0 Å². The number of benzene rings is 2. The van der Waals surface area contributed by atoms with Crippen molar-refractivity contribution < 1.29 is 4.79 Å². The molecule has 2 aromatic carbocycles. The first-order valence-corrected chi connectivity index (χ1v) is 9.69. The first kappa shape index (κ1) is 17.6. The lowest BCUT2D eigenvalue weighted by Gasteiger charge is -2.41. The number of fused-ring (bicyclic) bond motifs is 2. The fourth-order valence-electron chi connectivity index (χ4n) is 4.61. The Bertz CT molecular complexity index is 851. The zero-order valence-electron chi connectivity index (χ0n) is 15.9. The van der Waals surface area contributed by atoms with Gasteiger partial charge in [0.2, 0.25) is 5.91 Å². The molecule has 1 aliphatic heterocycles. The van der Waals surface area contributed by atoms with E-state index in [9.17, 15) is 4.79 Å². The number of carbonyl (C=O) groups excluding carboxylic acids is 1. The summed E-state index contributed by atoms with van der Waals surface area (Å²) in [5.74, 6) is 0.149. The number of nitrogens with zero attached hydrogens (tertiary/aromatic N) is 3. The maximum Gasteiger partial charge on any atom is 0.249 e. The number of amides is 1. The fourth-order valence-corrected chi connectivity index (χ4v) is 4.61. The van der Waals surface area contributed by atoms with E-state index in [2.05, 4.69) is 67.3 Å². The third kappa shape index (κ3) is 3.08. The van der Waals surface area contributed by atoms with Crippen LogP contribution in [0.4, 0.5) is 0 Å². The van der Waals surface area contributed by atoms with Crippen molar-refractivity contribution in [3.8, 4) is 0 Å². The molecular formula is C23H25N3O. The minimum Gasteiger partial charge on any atom is -0.336 e. The van der Waals surface area contributed by atoms with Crippen LogP contribution in [0, 0.1) is 6.57 Å². The Morgan fingerprint density at radius 1 is 1.00 bits per heavy atom. The Labute approximate surface area is 161 Å². The van der Waals surface area contributed by atoms with Crippen LogP contribution < -0.4 is 0 Å². The topological polar surface area (TPSA) is 27.9 Å². The van der Waals surface area contributed by atoms with Gasteiger partial charge < -0.3 is 4.90 Å². The zero-order valence-corrected chi connectivity index (χ0v) is 15.9. The van der Waals surface area contributed by atoms with Crippen LogP contribution in [0.15, 0.2) is 48.5 Å². The van der Waals surface area contributed by atoms with E-state index in [1.54, 1.807) is 5.01 Å². The standard InChI is InChI=1S/C23H25N3O/c1-16(2)25-14-21(26(24-3)15-22(25)27)23-19-10-6-4-8-17(19)12-13-18-9-5-7-11-20(18)23/h4-11,16,21,23H,12-15H2,1-2H3/t21-/m1/s1. The van der Waals surface area contributed by atoms with E-state index in [1.807, 2.05) is 4.90 Å². The summed E-state index contributed by atoms with van der Waals surface area (Å²) in [5, 5.41) is 1.69. The molecule has 4 heteroatoms. The van der Waals surface area contributed by atoms with Crippen molar-refractivity contribution in [3.63, 3.8) is 0 Å². The number of carbonyl (C=O) groups is 1. The van der Waals surface area contributed by atoms with Crippen molar-refractivity contribution in [1.29, 1.82) is 0 Å². The molecule has 1 amide bonds. The van der Waals surface area contributed by atoms with Crippen LogP contribution >= 0.6 is 0 Å². The average Bonchev–Trinajstić information content (AvgIpc) is 2.84. The molecule has 0 N–H and O–H groups in total. The maximum atomic E-state index is 12.5. The van der Waals surface area contributed by atoms with Crippen LogP contribution in [-0.4, -0.2) is 41.0 Å². The van der Waals surface area contributed by atoms with Gasteiger partial charge in [0.25, 0.3) is 0 Å². The molecule has 1 saturated heterocycles. The molecule has 0 radical (unpaired) electrons. The van der Waals surface area contributed by atoms with Gasteiger partial charge in [-0.25, -0.2) is 0 Å². The summed E-state index contributed by atoms with van der Waals surface area (Å²) in [6.07, 6.45) is 2.03. The number of rotatable bonds is 2. The molecule has 0 aromatic heterocycles. The highest BCUT2D eigenvalue weighted by Gasteiger charge is 2.43. The predicted molar refractivity (Wildman–Crippen MR) is 106 cm³/mol. The highest BCUT2D eigenvalue weighted by atomic mass is 16.2. The molecule has 2 aromatic rings. The molecule has 27 heavy (non-hydrogen) atoms. The molecule has 1 fully saturated rings. The van der Waals surface area contributed by atoms with E-state index in [1.165, 1.54) is 22.3 Å². The lowest BCUT2D eigenvalue weighted by atomic mass is 9.81. The summed E-state index contributed by atoms with van der Waals surface area (Å²) in [6.45, 7) is 12.6. The predicted octanol–water partition coefficient (Wildman–Crippen LogP) is 3.67. The summed E-state index contributed by atoms with van der Waals surface area (Å²) < 4.78 is 0. The van der Waals surface area contributed by atoms with Crippen LogP contribution in [0.3, 0.4) is 0 Å². The molecular weight excluding hydrogens is 334 g/mol. The number of aryl methyl sites for hydroxylation is 2. The lowest BCUT2D eigenvalue weighted by Crippen LogP contribution is -2.57. The first-order chi connectivity index (χ1) is 13.1. The van der Waals surface area contributed by atoms with Crippen LogP contribution in [0.1, 0.15) is 42.0 Å². The largest absolute Gasteiger partial charge is 0.336 e. The van der Waals surface area contributed by atoms with Gasteiger partial charge in [-0.05, 0) is 48.9 Å². The van der Waals surface area contributed by atoms with Crippen LogP contribution in [0.5, 0.6) is 0 Å². The van der Waals surface area contributed by atoms with Crippen molar-refractivity contribution in [2.45, 2.75) is 44.7 Å². The van der Waals surface area contributed by atoms with E-state index in [-0.39, 0.29) is 30.5 Å². The highest BCUT2D eigenvalue weighted by Crippen LogP contribution is 2.39. The number of hydrogen-bond acceptors (Lipinski definition) is 2. The van der Waals surface area contributed by atoms with Crippen molar-refractivity contribution in [2.75, 3.05) is 13.1 Å². The maximum absolute atomic E-state index is 12.5. The number of piperazine rings is 1. The smallest absolute Gasteiger partial charge is 0.249 e. The van der Waals surface area contributed by atoms with E-state index in [4.69, 9.17) is 6.57 Å². The Morgan fingerprint density at radius 2 is 1.56 bits per heavy atom. The van der Waals surface area contributed by atoms with Gasteiger partial charge in [-0.2, -0.15) is 11.5 Å².